The Morgan fingerprint density at radius 3 is 2.34 bits per heavy atom. The topological polar surface area (TPSA) is 127 Å². The van der Waals surface area contributed by atoms with Gasteiger partial charge in [-0.25, -0.2) is 8.78 Å². The summed E-state index contributed by atoms with van der Waals surface area (Å²) in [5.41, 5.74) is 12.8. The lowest BCUT2D eigenvalue weighted by molar-refractivity contribution is -0.133. The van der Waals surface area contributed by atoms with E-state index in [1.807, 2.05) is 0 Å². The highest BCUT2D eigenvalue weighted by Crippen LogP contribution is 2.29. The average Bonchev–Trinajstić information content (AvgIpc) is 2.77. The molecule has 32 heavy (non-hydrogen) atoms. The molecule has 1 amide bonds. The van der Waals surface area contributed by atoms with E-state index in [0.29, 0.717) is 16.9 Å². The van der Waals surface area contributed by atoms with Gasteiger partial charge in [-0.3, -0.25) is 15.2 Å². The zero-order valence-corrected chi connectivity index (χ0v) is 17.4. The maximum atomic E-state index is 14.9. The number of benzene rings is 2. The number of pyridine rings is 1. The van der Waals surface area contributed by atoms with Gasteiger partial charge in [0.05, 0.1) is 23.1 Å². The summed E-state index contributed by atoms with van der Waals surface area (Å²) in [6.45, 7) is 1.81. The fourth-order valence-electron chi connectivity index (χ4n) is 3.10. The van der Waals surface area contributed by atoms with Crippen molar-refractivity contribution in [3.63, 3.8) is 0 Å². The van der Waals surface area contributed by atoms with Crippen molar-refractivity contribution in [1.29, 1.82) is 5.41 Å². The highest BCUT2D eigenvalue weighted by atomic mass is 19.1. The number of hydrogen-bond acceptors (Lipinski definition) is 5. The first kappa shape index (κ1) is 22.8. The summed E-state index contributed by atoms with van der Waals surface area (Å²) in [4.78, 5) is 16.8. The minimum atomic E-state index is -1.47. The van der Waals surface area contributed by atoms with Crippen LogP contribution in [0, 0.1) is 17.0 Å². The summed E-state index contributed by atoms with van der Waals surface area (Å²) in [6, 6.07) is 12.0. The van der Waals surface area contributed by atoms with Crippen LogP contribution >= 0.6 is 0 Å². The first-order chi connectivity index (χ1) is 15.3. The van der Waals surface area contributed by atoms with E-state index in [9.17, 15) is 13.6 Å². The van der Waals surface area contributed by atoms with Crippen LogP contribution in [0.3, 0.4) is 0 Å². The van der Waals surface area contributed by atoms with Gasteiger partial charge in [0, 0.05) is 24.3 Å². The third-order valence-corrected chi connectivity index (χ3v) is 4.73. The van der Waals surface area contributed by atoms with Crippen LogP contribution < -0.4 is 16.8 Å². The van der Waals surface area contributed by atoms with Crippen LogP contribution in [0.1, 0.15) is 29.7 Å². The standard InChI is InChI=1S/C23H23F2N5O2/c1-2-32-21(23(31)30-11-13-3-5-14(6-4-13)22(27)28)20-17(24)9-15(10-18(20)25)19-8-7-16(26)12-29-19/h3-10,12,21H,2,11,26H2,1H3,(H3,27,28)(H,30,31)/t21-/m1/s1. The molecule has 9 heteroatoms. The number of amides is 1. The van der Waals surface area contributed by atoms with Gasteiger partial charge in [0.1, 0.15) is 17.5 Å². The van der Waals surface area contributed by atoms with Crippen molar-refractivity contribution >= 4 is 17.4 Å². The molecule has 0 bridgehead atoms. The van der Waals surface area contributed by atoms with E-state index >= 15 is 0 Å². The van der Waals surface area contributed by atoms with Crippen LogP contribution in [-0.2, 0) is 16.1 Å². The van der Waals surface area contributed by atoms with Crippen LogP contribution in [0.5, 0.6) is 0 Å². The highest BCUT2D eigenvalue weighted by molar-refractivity contribution is 5.94. The molecule has 6 N–H and O–H groups in total. The summed E-state index contributed by atoms with van der Waals surface area (Å²) in [7, 11) is 0. The molecule has 3 aromatic rings. The molecule has 2 aromatic carbocycles. The van der Waals surface area contributed by atoms with Gasteiger partial charge in [-0.15, -0.1) is 0 Å². The number of aromatic nitrogens is 1. The van der Waals surface area contributed by atoms with Gasteiger partial charge >= 0.3 is 0 Å². The van der Waals surface area contributed by atoms with Crippen molar-refractivity contribution in [2.75, 3.05) is 12.3 Å². The highest BCUT2D eigenvalue weighted by Gasteiger charge is 2.28. The van der Waals surface area contributed by atoms with Gasteiger partial charge in [0.15, 0.2) is 6.10 Å². The number of carbonyl (C=O) groups excluding carboxylic acids is 1. The first-order valence-electron chi connectivity index (χ1n) is 9.83. The molecule has 0 aliphatic carbocycles. The van der Waals surface area contributed by atoms with Crippen molar-refractivity contribution in [1.82, 2.24) is 10.3 Å². The minimum absolute atomic E-state index is 0.0689. The molecule has 0 unspecified atom stereocenters. The van der Waals surface area contributed by atoms with Gasteiger partial charge < -0.3 is 21.5 Å². The smallest absolute Gasteiger partial charge is 0.254 e. The number of amidine groups is 1. The van der Waals surface area contributed by atoms with E-state index in [0.717, 1.165) is 17.7 Å². The van der Waals surface area contributed by atoms with Crippen molar-refractivity contribution < 1.29 is 18.3 Å². The predicted octanol–water partition coefficient (Wildman–Crippen LogP) is 3.29. The predicted molar refractivity (Wildman–Crippen MR) is 118 cm³/mol. The Hall–Kier alpha value is -3.85. The Kier molecular flexibility index (Phi) is 7.11. The zero-order valence-electron chi connectivity index (χ0n) is 17.4. The molecular formula is C23H23F2N5O2. The third kappa shape index (κ3) is 5.25. The molecule has 0 radical (unpaired) electrons. The van der Waals surface area contributed by atoms with E-state index in [1.165, 1.54) is 6.20 Å². The lowest BCUT2D eigenvalue weighted by Gasteiger charge is -2.19. The summed E-state index contributed by atoms with van der Waals surface area (Å²) in [5, 5.41) is 10.0. The van der Waals surface area contributed by atoms with Gasteiger partial charge in [-0.2, -0.15) is 0 Å². The van der Waals surface area contributed by atoms with Crippen LogP contribution in [0.2, 0.25) is 0 Å². The summed E-state index contributed by atoms with van der Waals surface area (Å²) in [5.74, 6) is -2.59. The Morgan fingerprint density at radius 2 is 1.81 bits per heavy atom. The molecule has 7 nitrogen and oxygen atoms in total. The Balaban J connectivity index is 1.81. The van der Waals surface area contributed by atoms with E-state index in [-0.39, 0.29) is 24.6 Å². The Morgan fingerprint density at radius 1 is 1.16 bits per heavy atom. The largest absolute Gasteiger partial charge is 0.397 e. The van der Waals surface area contributed by atoms with Crippen molar-refractivity contribution in [3.8, 4) is 11.3 Å². The molecule has 0 aliphatic heterocycles. The van der Waals surface area contributed by atoms with E-state index in [4.69, 9.17) is 21.6 Å². The normalized spacial score (nSPS) is 11.7. The van der Waals surface area contributed by atoms with Crippen LogP contribution in [0.4, 0.5) is 14.5 Å². The fraction of sp³-hybridized carbons (Fsp3) is 0.174. The summed E-state index contributed by atoms with van der Waals surface area (Å²) in [6.07, 6.45) is -0.0803. The van der Waals surface area contributed by atoms with E-state index in [1.54, 1.807) is 43.3 Å². The van der Waals surface area contributed by atoms with Crippen LogP contribution in [0.15, 0.2) is 54.7 Å². The number of anilines is 1. The summed E-state index contributed by atoms with van der Waals surface area (Å²) < 4.78 is 35.2. The van der Waals surface area contributed by atoms with Gasteiger partial charge in [-0.1, -0.05) is 24.3 Å². The van der Waals surface area contributed by atoms with E-state index < -0.39 is 29.2 Å². The molecule has 0 spiro atoms. The quantitative estimate of drug-likeness (QED) is 0.316. The second-order valence-corrected chi connectivity index (χ2v) is 6.99. The number of halogens is 2. The molecule has 0 saturated heterocycles. The number of rotatable bonds is 8. The first-order valence-corrected chi connectivity index (χ1v) is 9.83. The second-order valence-electron chi connectivity index (χ2n) is 6.99. The molecule has 1 aromatic heterocycles. The number of hydrogen-bond donors (Lipinski definition) is 4. The molecule has 3 rings (SSSR count). The third-order valence-electron chi connectivity index (χ3n) is 4.73. The zero-order chi connectivity index (χ0) is 23.3. The van der Waals surface area contributed by atoms with Gasteiger partial charge in [0.25, 0.3) is 5.91 Å². The maximum Gasteiger partial charge on any atom is 0.254 e. The van der Waals surface area contributed by atoms with Crippen LogP contribution in [-0.4, -0.2) is 23.3 Å². The van der Waals surface area contributed by atoms with Crippen molar-refractivity contribution in [2.45, 2.75) is 19.6 Å². The molecule has 1 heterocycles. The molecule has 0 fully saturated rings. The second kappa shape index (κ2) is 9.97. The number of ether oxygens (including phenoxy) is 1. The Labute approximate surface area is 183 Å². The van der Waals surface area contributed by atoms with E-state index in [2.05, 4.69) is 10.3 Å². The Bertz CT molecular complexity index is 1100. The molecule has 166 valence electrons. The monoisotopic (exact) mass is 439 g/mol. The van der Waals surface area contributed by atoms with Crippen LogP contribution in [0.25, 0.3) is 11.3 Å². The number of nitrogen functional groups attached to an aromatic ring is 2. The number of nitrogens with one attached hydrogen (secondary N) is 2. The number of nitrogens with two attached hydrogens (primary N) is 2. The molecule has 1 atom stereocenters. The number of carbonyl (C=O) groups is 1. The molecular weight excluding hydrogens is 416 g/mol. The van der Waals surface area contributed by atoms with Crippen molar-refractivity contribution in [3.05, 3.63) is 83.1 Å². The minimum Gasteiger partial charge on any atom is -0.397 e. The lowest BCUT2D eigenvalue weighted by Crippen LogP contribution is -2.31. The lowest BCUT2D eigenvalue weighted by atomic mass is 10.0. The maximum absolute atomic E-state index is 14.9. The number of nitrogens with zero attached hydrogens (tertiary/aromatic N) is 1. The van der Waals surface area contributed by atoms with Crippen molar-refractivity contribution in [2.24, 2.45) is 5.73 Å². The molecule has 0 aliphatic rings. The molecule has 0 saturated carbocycles. The van der Waals surface area contributed by atoms with Gasteiger partial charge in [0.2, 0.25) is 0 Å². The summed E-state index contributed by atoms with van der Waals surface area (Å²) >= 11 is 0. The SMILES string of the molecule is CCO[C@@H](C(=O)NCc1ccc(C(=N)N)cc1)c1c(F)cc(-c2ccc(N)cn2)cc1F. The van der Waals surface area contributed by atoms with Gasteiger partial charge in [-0.05, 0) is 36.8 Å². The fourth-order valence-corrected chi connectivity index (χ4v) is 3.10. The average molecular weight is 439 g/mol.